The molecule has 0 radical (unpaired) electrons. The van der Waals surface area contributed by atoms with Crippen LogP contribution in [0.1, 0.15) is 32.3 Å². The van der Waals surface area contributed by atoms with Crippen molar-refractivity contribution in [2.75, 3.05) is 5.32 Å². The van der Waals surface area contributed by atoms with Crippen molar-refractivity contribution in [2.45, 2.75) is 13.8 Å². The van der Waals surface area contributed by atoms with Gasteiger partial charge in [0.2, 0.25) is 5.76 Å². The maximum absolute atomic E-state index is 11.8. The second kappa shape index (κ2) is 4.57. The SMILES string of the molecule is Cc1ncoc1C(=O)Nc1snc(C)c1C(=O)O. The summed E-state index contributed by atoms with van der Waals surface area (Å²) in [6.07, 6.45) is 1.15. The second-order valence-corrected chi connectivity index (χ2v) is 4.27. The molecule has 7 nitrogen and oxygen atoms in total. The quantitative estimate of drug-likeness (QED) is 0.876. The fraction of sp³-hybridized carbons (Fsp3) is 0.200. The summed E-state index contributed by atoms with van der Waals surface area (Å²) in [4.78, 5) is 26.6. The van der Waals surface area contributed by atoms with Gasteiger partial charge in [-0.1, -0.05) is 0 Å². The van der Waals surface area contributed by atoms with E-state index < -0.39 is 11.9 Å². The van der Waals surface area contributed by atoms with Gasteiger partial charge in [0, 0.05) is 0 Å². The molecule has 0 fully saturated rings. The fourth-order valence-corrected chi connectivity index (χ4v) is 2.17. The van der Waals surface area contributed by atoms with Gasteiger partial charge in [-0.3, -0.25) is 4.79 Å². The normalized spacial score (nSPS) is 10.3. The maximum atomic E-state index is 11.8. The molecule has 0 saturated carbocycles. The van der Waals surface area contributed by atoms with Gasteiger partial charge in [0.15, 0.2) is 6.39 Å². The molecule has 0 aliphatic rings. The molecule has 2 aromatic rings. The number of carboxylic acids is 1. The Kier molecular flexibility index (Phi) is 3.11. The van der Waals surface area contributed by atoms with Crippen molar-refractivity contribution in [3.8, 4) is 0 Å². The van der Waals surface area contributed by atoms with Crippen LogP contribution in [0.3, 0.4) is 0 Å². The maximum Gasteiger partial charge on any atom is 0.340 e. The summed E-state index contributed by atoms with van der Waals surface area (Å²) in [5, 5.41) is 11.7. The van der Waals surface area contributed by atoms with Crippen LogP contribution in [0.2, 0.25) is 0 Å². The molecule has 2 rings (SSSR count). The molecule has 0 atom stereocenters. The fourth-order valence-electron chi connectivity index (χ4n) is 1.39. The molecule has 94 valence electrons. The number of carboxylic acid groups (broad SMARTS) is 1. The van der Waals surface area contributed by atoms with Gasteiger partial charge in [0.1, 0.15) is 10.6 Å². The van der Waals surface area contributed by atoms with Crippen LogP contribution in [0.5, 0.6) is 0 Å². The van der Waals surface area contributed by atoms with Crippen LogP contribution >= 0.6 is 11.5 Å². The van der Waals surface area contributed by atoms with Crippen LogP contribution in [0.15, 0.2) is 10.8 Å². The predicted octanol–water partition coefficient (Wildman–Crippen LogP) is 1.70. The Morgan fingerprint density at radius 3 is 2.67 bits per heavy atom. The highest BCUT2D eigenvalue weighted by atomic mass is 32.1. The zero-order valence-corrected chi connectivity index (χ0v) is 10.4. The summed E-state index contributed by atoms with van der Waals surface area (Å²) in [5.74, 6) is -1.63. The van der Waals surface area contributed by atoms with Crippen molar-refractivity contribution in [3.05, 3.63) is 29.1 Å². The minimum absolute atomic E-state index is 0.00878. The highest BCUT2D eigenvalue weighted by Crippen LogP contribution is 2.25. The molecule has 18 heavy (non-hydrogen) atoms. The van der Waals surface area contributed by atoms with E-state index >= 15 is 0 Å². The minimum atomic E-state index is -1.13. The Morgan fingerprint density at radius 2 is 2.11 bits per heavy atom. The van der Waals surface area contributed by atoms with Gasteiger partial charge in [0.05, 0.1) is 11.4 Å². The lowest BCUT2D eigenvalue weighted by Crippen LogP contribution is -2.14. The molecule has 1 amide bonds. The van der Waals surface area contributed by atoms with E-state index in [4.69, 9.17) is 9.52 Å². The molecule has 0 unspecified atom stereocenters. The van der Waals surface area contributed by atoms with Crippen molar-refractivity contribution in [3.63, 3.8) is 0 Å². The third-order valence-corrected chi connectivity index (χ3v) is 3.11. The number of anilines is 1. The van der Waals surface area contributed by atoms with Crippen molar-refractivity contribution in [1.82, 2.24) is 9.36 Å². The average Bonchev–Trinajstić information content (AvgIpc) is 2.85. The number of hydrogen-bond donors (Lipinski definition) is 2. The first-order valence-electron chi connectivity index (χ1n) is 4.91. The first-order valence-corrected chi connectivity index (χ1v) is 5.69. The molecule has 2 N–H and O–H groups in total. The summed E-state index contributed by atoms with van der Waals surface area (Å²) in [6, 6.07) is 0. The number of carbonyl (C=O) groups excluding carboxylic acids is 1. The number of nitrogens with zero attached hydrogens (tertiary/aromatic N) is 2. The third kappa shape index (κ3) is 2.09. The van der Waals surface area contributed by atoms with Crippen LogP contribution < -0.4 is 5.32 Å². The van der Waals surface area contributed by atoms with E-state index in [-0.39, 0.29) is 16.3 Å². The topological polar surface area (TPSA) is 105 Å². The molecule has 2 aromatic heterocycles. The number of nitrogens with one attached hydrogen (secondary N) is 1. The van der Waals surface area contributed by atoms with E-state index in [0.717, 1.165) is 17.9 Å². The standard InChI is InChI=1S/C10H9N3O4S/c1-4-6(10(15)16)9(18-13-4)12-8(14)7-5(2)11-3-17-7/h3H,1-2H3,(H,12,14)(H,15,16). The summed E-state index contributed by atoms with van der Waals surface area (Å²) in [6.45, 7) is 3.18. The van der Waals surface area contributed by atoms with E-state index in [9.17, 15) is 9.59 Å². The number of rotatable bonds is 3. The highest BCUT2D eigenvalue weighted by molar-refractivity contribution is 7.11. The van der Waals surface area contributed by atoms with Gasteiger partial charge in [0.25, 0.3) is 5.91 Å². The molecule has 0 bridgehead atoms. The predicted molar refractivity (Wildman–Crippen MR) is 63.0 cm³/mol. The highest BCUT2D eigenvalue weighted by Gasteiger charge is 2.21. The monoisotopic (exact) mass is 267 g/mol. The minimum Gasteiger partial charge on any atom is -0.478 e. The number of aromatic carboxylic acids is 1. The first-order chi connectivity index (χ1) is 8.50. The number of carbonyl (C=O) groups is 2. The van der Waals surface area contributed by atoms with Gasteiger partial charge < -0.3 is 14.8 Å². The Hall–Kier alpha value is -2.22. The number of amides is 1. The average molecular weight is 267 g/mol. The molecule has 0 saturated heterocycles. The lowest BCUT2D eigenvalue weighted by molar-refractivity contribution is 0.0697. The number of hydrogen-bond acceptors (Lipinski definition) is 6. The van der Waals surface area contributed by atoms with Gasteiger partial charge in [-0.2, -0.15) is 4.37 Å². The summed E-state index contributed by atoms with van der Waals surface area (Å²) >= 11 is 0.911. The Bertz CT molecular complexity index is 616. The van der Waals surface area contributed by atoms with E-state index in [0.29, 0.717) is 11.4 Å². The third-order valence-electron chi connectivity index (χ3n) is 2.26. The van der Waals surface area contributed by atoms with Crippen molar-refractivity contribution in [2.24, 2.45) is 0 Å². The molecular formula is C10H9N3O4S. The van der Waals surface area contributed by atoms with Crippen molar-refractivity contribution >= 4 is 28.4 Å². The molecule has 2 heterocycles. The molecule has 8 heteroatoms. The number of aryl methyl sites for hydroxylation is 2. The van der Waals surface area contributed by atoms with E-state index in [1.165, 1.54) is 0 Å². The van der Waals surface area contributed by atoms with Crippen LogP contribution in [-0.2, 0) is 0 Å². The molecule has 0 spiro atoms. The van der Waals surface area contributed by atoms with Crippen molar-refractivity contribution in [1.29, 1.82) is 0 Å². The summed E-state index contributed by atoms with van der Waals surface area (Å²) in [5.41, 5.74) is 0.785. The number of oxazole rings is 1. The van der Waals surface area contributed by atoms with E-state index in [1.807, 2.05) is 0 Å². The van der Waals surface area contributed by atoms with Gasteiger partial charge in [-0.05, 0) is 25.4 Å². The lowest BCUT2D eigenvalue weighted by atomic mass is 10.2. The summed E-state index contributed by atoms with van der Waals surface area (Å²) < 4.78 is 8.81. The molecule has 0 aliphatic carbocycles. The zero-order chi connectivity index (χ0) is 13.3. The smallest absolute Gasteiger partial charge is 0.340 e. The van der Waals surface area contributed by atoms with Crippen LogP contribution in [0, 0.1) is 13.8 Å². The lowest BCUT2D eigenvalue weighted by Gasteiger charge is -2.01. The largest absolute Gasteiger partial charge is 0.478 e. The summed E-state index contributed by atoms with van der Waals surface area (Å²) in [7, 11) is 0. The number of aromatic nitrogens is 2. The van der Waals surface area contributed by atoms with Gasteiger partial charge in [-0.15, -0.1) is 0 Å². The van der Waals surface area contributed by atoms with Crippen LogP contribution in [0.25, 0.3) is 0 Å². The molecule has 0 aliphatic heterocycles. The van der Waals surface area contributed by atoms with Gasteiger partial charge >= 0.3 is 5.97 Å². The Balaban J connectivity index is 2.28. The zero-order valence-electron chi connectivity index (χ0n) is 9.55. The molecular weight excluding hydrogens is 258 g/mol. The van der Waals surface area contributed by atoms with Crippen LogP contribution in [0.4, 0.5) is 5.00 Å². The second-order valence-electron chi connectivity index (χ2n) is 3.50. The molecule has 0 aromatic carbocycles. The van der Waals surface area contributed by atoms with E-state index in [1.54, 1.807) is 13.8 Å². The Morgan fingerprint density at radius 1 is 1.39 bits per heavy atom. The van der Waals surface area contributed by atoms with Gasteiger partial charge in [-0.25, -0.2) is 9.78 Å². The van der Waals surface area contributed by atoms with Crippen molar-refractivity contribution < 1.29 is 19.1 Å². The van der Waals surface area contributed by atoms with E-state index in [2.05, 4.69) is 14.7 Å². The first kappa shape index (κ1) is 12.2. The van der Waals surface area contributed by atoms with Crippen LogP contribution in [-0.4, -0.2) is 26.3 Å². The Labute approximate surface area is 106 Å².